The van der Waals surface area contributed by atoms with Crippen LogP contribution in [0.1, 0.15) is 5.56 Å². The number of anilines is 2. The van der Waals surface area contributed by atoms with Gasteiger partial charge in [0.05, 0.1) is 17.9 Å². The van der Waals surface area contributed by atoms with Gasteiger partial charge in [-0.3, -0.25) is 4.79 Å². The fourth-order valence-electron chi connectivity index (χ4n) is 2.44. The van der Waals surface area contributed by atoms with E-state index in [4.69, 9.17) is 0 Å². The van der Waals surface area contributed by atoms with E-state index in [2.05, 4.69) is 26.2 Å². The van der Waals surface area contributed by atoms with E-state index in [0.717, 1.165) is 16.9 Å². The van der Waals surface area contributed by atoms with Crippen LogP contribution < -0.4 is 10.6 Å². The van der Waals surface area contributed by atoms with Gasteiger partial charge < -0.3 is 10.6 Å². The van der Waals surface area contributed by atoms with Gasteiger partial charge in [-0.2, -0.15) is 8.78 Å². The van der Waals surface area contributed by atoms with Crippen molar-refractivity contribution in [2.45, 2.75) is 17.6 Å². The standard InChI is InChI=1S/C17H16F2N6OS/c1-11-8-12(6-7-14(11)25-10-21-23-24-25)20-9-16(26)22-13-4-2-3-5-15(13)27-17(18)19/h2-8,10,17,20H,9H2,1H3,(H,22,26). The summed E-state index contributed by atoms with van der Waals surface area (Å²) in [5.41, 5.74) is 2.86. The molecule has 1 amide bonds. The molecule has 0 aliphatic heterocycles. The Kier molecular flexibility index (Phi) is 5.97. The smallest absolute Gasteiger partial charge is 0.288 e. The highest BCUT2D eigenvalue weighted by atomic mass is 32.2. The van der Waals surface area contributed by atoms with E-state index < -0.39 is 5.76 Å². The molecule has 0 atom stereocenters. The minimum atomic E-state index is -2.55. The Morgan fingerprint density at radius 3 is 2.78 bits per heavy atom. The maximum Gasteiger partial charge on any atom is 0.288 e. The molecule has 0 saturated heterocycles. The first kappa shape index (κ1) is 18.8. The third-order valence-corrected chi connectivity index (χ3v) is 4.41. The number of hydrogen-bond acceptors (Lipinski definition) is 6. The lowest BCUT2D eigenvalue weighted by Gasteiger charge is -2.12. The number of nitrogens with one attached hydrogen (secondary N) is 2. The van der Waals surface area contributed by atoms with Gasteiger partial charge in [-0.15, -0.1) is 5.10 Å². The third-order valence-electron chi connectivity index (χ3n) is 3.62. The molecule has 0 fully saturated rings. The van der Waals surface area contributed by atoms with Crippen molar-refractivity contribution >= 4 is 29.0 Å². The maximum absolute atomic E-state index is 12.6. The molecule has 3 rings (SSSR count). The summed E-state index contributed by atoms with van der Waals surface area (Å²) in [6.07, 6.45) is 1.50. The summed E-state index contributed by atoms with van der Waals surface area (Å²) in [4.78, 5) is 12.5. The minimum absolute atomic E-state index is 0.00263. The SMILES string of the molecule is Cc1cc(NCC(=O)Nc2ccccc2SC(F)F)ccc1-n1cnnn1. The van der Waals surface area contributed by atoms with Crippen molar-refractivity contribution in [2.24, 2.45) is 0 Å². The molecule has 27 heavy (non-hydrogen) atoms. The fourth-order valence-corrected chi connectivity index (χ4v) is 3.03. The summed E-state index contributed by atoms with van der Waals surface area (Å²) in [5.74, 6) is -2.89. The number of carbonyl (C=O) groups excluding carboxylic acids is 1. The Labute approximate surface area is 158 Å². The number of aryl methyl sites for hydroxylation is 1. The Bertz CT molecular complexity index is 920. The zero-order chi connectivity index (χ0) is 19.2. The van der Waals surface area contributed by atoms with E-state index in [1.165, 1.54) is 6.33 Å². The Balaban J connectivity index is 1.61. The molecule has 0 saturated carbocycles. The topological polar surface area (TPSA) is 84.7 Å². The highest BCUT2D eigenvalue weighted by Gasteiger charge is 2.12. The summed E-state index contributed by atoms with van der Waals surface area (Å²) in [6.45, 7) is 1.90. The molecule has 7 nitrogen and oxygen atoms in total. The van der Waals surface area contributed by atoms with Crippen molar-refractivity contribution in [2.75, 3.05) is 17.2 Å². The van der Waals surface area contributed by atoms with Crippen molar-refractivity contribution in [1.82, 2.24) is 20.2 Å². The monoisotopic (exact) mass is 390 g/mol. The van der Waals surface area contributed by atoms with Crippen LogP contribution in [0.25, 0.3) is 5.69 Å². The number of tetrazole rings is 1. The van der Waals surface area contributed by atoms with Crippen molar-refractivity contribution in [3.8, 4) is 5.69 Å². The van der Waals surface area contributed by atoms with Crippen LogP contribution in [0.5, 0.6) is 0 Å². The van der Waals surface area contributed by atoms with E-state index >= 15 is 0 Å². The molecule has 0 radical (unpaired) electrons. The second-order valence-electron chi connectivity index (χ2n) is 5.53. The number of rotatable bonds is 7. The zero-order valence-electron chi connectivity index (χ0n) is 14.3. The number of aromatic nitrogens is 4. The van der Waals surface area contributed by atoms with Crippen molar-refractivity contribution in [3.05, 3.63) is 54.4 Å². The van der Waals surface area contributed by atoms with Gasteiger partial charge in [-0.25, -0.2) is 4.68 Å². The molecule has 0 aliphatic rings. The first-order chi connectivity index (χ1) is 13.0. The van der Waals surface area contributed by atoms with Crippen LogP contribution >= 0.6 is 11.8 Å². The van der Waals surface area contributed by atoms with E-state index in [-0.39, 0.29) is 12.5 Å². The molecule has 10 heteroatoms. The summed E-state index contributed by atoms with van der Waals surface area (Å²) >= 11 is 0.397. The van der Waals surface area contributed by atoms with Gasteiger partial charge in [0, 0.05) is 10.6 Å². The van der Waals surface area contributed by atoms with Crippen LogP contribution in [0.15, 0.2) is 53.7 Å². The van der Waals surface area contributed by atoms with Crippen LogP contribution in [-0.2, 0) is 4.79 Å². The summed E-state index contributed by atoms with van der Waals surface area (Å²) in [6, 6.07) is 12.0. The predicted molar refractivity (Wildman–Crippen MR) is 99.3 cm³/mol. The number of benzene rings is 2. The van der Waals surface area contributed by atoms with Crippen LogP contribution in [0.3, 0.4) is 0 Å². The largest absolute Gasteiger partial charge is 0.376 e. The number of amides is 1. The molecule has 3 aromatic rings. The molecule has 0 spiro atoms. The second kappa shape index (κ2) is 8.58. The second-order valence-corrected chi connectivity index (χ2v) is 6.56. The van der Waals surface area contributed by atoms with Crippen molar-refractivity contribution in [3.63, 3.8) is 0 Å². The first-order valence-electron chi connectivity index (χ1n) is 7.94. The Hall–Kier alpha value is -3.01. The lowest BCUT2D eigenvalue weighted by atomic mass is 10.2. The highest BCUT2D eigenvalue weighted by Crippen LogP contribution is 2.31. The average Bonchev–Trinajstić information content (AvgIpc) is 3.16. The van der Waals surface area contributed by atoms with Gasteiger partial charge in [0.15, 0.2) is 0 Å². The van der Waals surface area contributed by atoms with Crippen LogP contribution in [0.4, 0.5) is 20.2 Å². The summed E-state index contributed by atoms with van der Waals surface area (Å²) < 4.78 is 26.8. The molecule has 2 N–H and O–H groups in total. The van der Waals surface area contributed by atoms with Gasteiger partial charge in [0.1, 0.15) is 6.33 Å². The van der Waals surface area contributed by atoms with E-state index in [1.54, 1.807) is 35.0 Å². The Morgan fingerprint density at radius 1 is 1.26 bits per heavy atom. The maximum atomic E-state index is 12.6. The molecular formula is C17H16F2N6OS. The molecule has 1 aromatic heterocycles. The average molecular weight is 390 g/mol. The first-order valence-corrected chi connectivity index (χ1v) is 8.82. The van der Waals surface area contributed by atoms with Gasteiger partial charge in [0.25, 0.3) is 5.76 Å². The molecule has 0 aliphatic carbocycles. The van der Waals surface area contributed by atoms with Crippen molar-refractivity contribution < 1.29 is 13.6 Å². The van der Waals surface area contributed by atoms with Gasteiger partial charge in [-0.1, -0.05) is 23.9 Å². The normalized spacial score (nSPS) is 10.8. The van der Waals surface area contributed by atoms with Crippen LogP contribution in [-0.4, -0.2) is 38.4 Å². The summed E-state index contributed by atoms with van der Waals surface area (Å²) in [5, 5.41) is 16.7. The van der Waals surface area contributed by atoms with Crippen LogP contribution in [0, 0.1) is 6.92 Å². The molecule has 0 bridgehead atoms. The number of carbonyl (C=O) groups is 1. The molecule has 0 unspecified atom stereocenters. The number of thioether (sulfide) groups is 1. The van der Waals surface area contributed by atoms with E-state index in [1.807, 2.05) is 19.1 Å². The fraction of sp³-hybridized carbons (Fsp3) is 0.176. The third kappa shape index (κ3) is 5.00. The molecule has 1 heterocycles. The number of hydrogen-bond donors (Lipinski definition) is 2. The van der Waals surface area contributed by atoms with Crippen LogP contribution in [0.2, 0.25) is 0 Å². The lowest BCUT2D eigenvalue weighted by molar-refractivity contribution is -0.114. The quantitative estimate of drug-likeness (QED) is 0.602. The Morgan fingerprint density at radius 2 is 2.07 bits per heavy atom. The lowest BCUT2D eigenvalue weighted by Crippen LogP contribution is -2.22. The predicted octanol–water partition coefficient (Wildman–Crippen LogP) is 3.34. The van der Waals surface area contributed by atoms with E-state index in [0.29, 0.717) is 22.3 Å². The van der Waals surface area contributed by atoms with Gasteiger partial charge >= 0.3 is 0 Å². The molecular weight excluding hydrogens is 374 g/mol. The summed E-state index contributed by atoms with van der Waals surface area (Å²) in [7, 11) is 0. The van der Waals surface area contributed by atoms with E-state index in [9.17, 15) is 13.6 Å². The number of halogens is 2. The van der Waals surface area contributed by atoms with Crippen molar-refractivity contribution in [1.29, 1.82) is 0 Å². The molecule has 140 valence electrons. The number of para-hydroxylation sites is 1. The zero-order valence-corrected chi connectivity index (χ0v) is 15.1. The van der Waals surface area contributed by atoms with Gasteiger partial charge in [0.2, 0.25) is 5.91 Å². The van der Waals surface area contributed by atoms with Gasteiger partial charge in [-0.05, 0) is 53.2 Å². The highest BCUT2D eigenvalue weighted by molar-refractivity contribution is 7.99. The minimum Gasteiger partial charge on any atom is -0.376 e. The molecule has 2 aromatic carbocycles. The number of alkyl halides is 2. The number of nitrogens with zero attached hydrogens (tertiary/aromatic N) is 4.